The molecule has 3 heterocycles. The third kappa shape index (κ3) is 3.90. The smallest absolute Gasteiger partial charge is 0.227 e. The Labute approximate surface area is 137 Å². The van der Waals surface area contributed by atoms with Gasteiger partial charge < -0.3 is 19.8 Å². The van der Waals surface area contributed by atoms with Gasteiger partial charge in [-0.3, -0.25) is 0 Å². The first-order chi connectivity index (χ1) is 11.1. The summed E-state index contributed by atoms with van der Waals surface area (Å²) < 4.78 is 5.40. The number of morpholine rings is 1. The highest BCUT2D eigenvalue weighted by Crippen LogP contribution is 2.24. The van der Waals surface area contributed by atoms with E-state index >= 15 is 0 Å². The summed E-state index contributed by atoms with van der Waals surface area (Å²) in [6.45, 7) is 9.94. The maximum atomic E-state index is 5.53. The van der Waals surface area contributed by atoms with Gasteiger partial charge in [0.2, 0.25) is 5.95 Å². The van der Waals surface area contributed by atoms with Gasteiger partial charge >= 0.3 is 0 Å². The van der Waals surface area contributed by atoms with Crippen LogP contribution in [-0.2, 0) is 16.0 Å². The van der Waals surface area contributed by atoms with Crippen LogP contribution in [0.5, 0.6) is 0 Å². The highest BCUT2D eigenvalue weighted by molar-refractivity contribution is 5.83. The summed E-state index contributed by atoms with van der Waals surface area (Å²) in [4.78, 5) is 17.0. The summed E-state index contributed by atoms with van der Waals surface area (Å²) in [5.74, 6) is 1.62. The number of aryl methyl sites for hydroxylation is 1. The van der Waals surface area contributed by atoms with Crippen molar-refractivity contribution in [3.63, 3.8) is 0 Å². The lowest BCUT2D eigenvalue weighted by Gasteiger charge is -2.28. The largest absolute Gasteiger partial charge is 0.387 e. The Morgan fingerprint density at radius 2 is 2.09 bits per heavy atom. The molecule has 1 unspecified atom stereocenters. The second kappa shape index (κ2) is 6.70. The lowest BCUT2D eigenvalue weighted by Crippen LogP contribution is -2.38. The summed E-state index contributed by atoms with van der Waals surface area (Å²) in [6, 6.07) is 2.01. The summed E-state index contributed by atoms with van der Waals surface area (Å²) in [7, 11) is 0. The molecule has 23 heavy (non-hydrogen) atoms. The van der Waals surface area contributed by atoms with Gasteiger partial charge in [0.25, 0.3) is 0 Å². The number of hydrogen-bond donors (Lipinski definition) is 1. The molecule has 2 aliphatic rings. The Bertz CT molecular complexity index is 586. The van der Waals surface area contributed by atoms with E-state index in [1.54, 1.807) is 0 Å². The molecule has 7 nitrogen and oxygen atoms in total. The van der Waals surface area contributed by atoms with Crippen molar-refractivity contribution in [2.24, 2.45) is 5.16 Å². The fourth-order valence-corrected chi connectivity index (χ4v) is 2.83. The van der Waals surface area contributed by atoms with Crippen molar-refractivity contribution in [1.82, 2.24) is 9.97 Å². The molecule has 0 bridgehead atoms. The van der Waals surface area contributed by atoms with Crippen molar-refractivity contribution in [3.05, 3.63) is 11.8 Å². The van der Waals surface area contributed by atoms with Gasteiger partial charge in [0.1, 0.15) is 5.82 Å². The predicted molar refractivity (Wildman–Crippen MR) is 90.1 cm³/mol. The number of ether oxygens (including phenoxy) is 1. The van der Waals surface area contributed by atoms with Crippen molar-refractivity contribution < 1.29 is 9.57 Å². The number of anilines is 2. The average Bonchev–Trinajstić information content (AvgIpc) is 2.93. The lowest BCUT2D eigenvalue weighted by atomic mass is 10.0. The first-order valence-corrected chi connectivity index (χ1v) is 8.24. The van der Waals surface area contributed by atoms with Crippen LogP contribution in [0.1, 0.15) is 32.9 Å². The maximum Gasteiger partial charge on any atom is 0.227 e. The minimum Gasteiger partial charge on any atom is -0.387 e. The monoisotopic (exact) mass is 319 g/mol. The van der Waals surface area contributed by atoms with Crippen LogP contribution >= 0.6 is 0 Å². The van der Waals surface area contributed by atoms with Gasteiger partial charge in [0, 0.05) is 31.3 Å². The Morgan fingerprint density at radius 1 is 1.30 bits per heavy atom. The number of nitrogens with one attached hydrogen (secondary N) is 1. The Balaban J connectivity index is 1.71. The van der Waals surface area contributed by atoms with Crippen LogP contribution in [0.2, 0.25) is 0 Å². The van der Waals surface area contributed by atoms with Crippen LogP contribution in [0.15, 0.2) is 11.2 Å². The van der Waals surface area contributed by atoms with Crippen molar-refractivity contribution in [1.29, 1.82) is 0 Å². The molecule has 0 spiro atoms. The number of oxime groups is 1. The van der Waals surface area contributed by atoms with Crippen LogP contribution < -0.4 is 10.2 Å². The van der Waals surface area contributed by atoms with Gasteiger partial charge in [-0.1, -0.05) is 12.1 Å². The summed E-state index contributed by atoms with van der Waals surface area (Å²) in [5, 5.41) is 7.44. The SMILES string of the molecule is CCc1cc(NCC2(C)CC(C)=NO2)nc(N2CCOCC2)n1. The van der Waals surface area contributed by atoms with Crippen LogP contribution in [0.4, 0.5) is 11.8 Å². The zero-order valence-corrected chi connectivity index (χ0v) is 14.1. The second-order valence-electron chi connectivity index (χ2n) is 6.40. The van der Waals surface area contributed by atoms with E-state index in [0.717, 1.165) is 62.3 Å². The van der Waals surface area contributed by atoms with E-state index in [1.165, 1.54) is 0 Å². The van der Waals surface area contributed by atoms with Crippen LogP contribution in [0.25, 0.3) is 0 Å². The van der Waals surface area contributed by atoms with Crippen molar-refractivity contribution >= 4 is 17.5 Å². The molecule has 126 valence electrons. The topological polar surface area (TPSA) is 71.9 Å². The molecule has 1 aromatic rings. The highest BCUT2D eigenvalue weighted by atomic mass is 16.7. The van der Waals surface area contributed by atoms with Crippen LogP contribution in [-0.4, -0.2) is 54.1 Å². The third-order valence-electron chi connectivity index (χ3n) is 4.12. The van der Waals surface area contributed by atoms with Gasteiger partial charge in [-0.2, -0.15) is 4.98 Å². The Morgan fingerprint density at radius 3 is 2.74 bits per heavy atom. The molecule has 7 heteroatoms. The van der Waals surface area contributed by atoms with E-state index < -0.39 is 0 Å². The van der Waals surface area contributed by atoms with Crippen LogP contribution in [0.3, 0.4) is 0 Å². The lowest BCUT2D eigenvalue weighted by molar-refractivity contribution is 0.00746. The second-order valence-corrected chi connectivity index (χ2v) is 6.40. The molecule has 1 N–H and O–H groups in total. The average molecular weight is 319 g/mol. The van der Waals surface area contributed by atoms with Gasteiger partial charge in [-0.25, -0.2) is 4.98 Å². The van der Waals surface area contributed by atoms with Gasteiger partial charge in [-0.05, 0) is 20.3 Å². The molecular weight excluding hydrogens is 294 g/mol. The van der Waals surface area contributed by atoms with E-state index in [1.807, 2.05) is 13.0 Å². The van der Waals surface area contributed by atoms with Gasteiger partial charge in [0.15, 0.2) is 5.60 Å². The van der Waals surface area contributed by atoms with E-state index in [2.05, 4.69) is 39.2 Å². The fraction of sp³-hybridized carbons (Fsp3) is 0.688. The minimum absolute atomic E-state index is 0.305. The summed E-state index contributed by atoms with van der Waals surface area (Å²) >= 11 is 0. The fourth-order valence-electron chi connectivity index (χ4n) is 2.83. The molecule has 2 aliphatic heterocycles. The summed E-state index contributed by atoms with van der Waals surface area (Å²) in [5.41, 5.74) is 1.76. The number of hydrogen-bond acceptors (Lipinski definition) is 7. The molecule has 1 fully saturated rings. The van der Waals surface area contributed by atoms with Crippen molar-refractivity contribution in [3.8, 4) is 0 Å². The van der Waals surface area contributed by atoms with E-state index in [-0.39, 0.29) is 5.60 Å². The van der Waals surface area contributed by atoms with E-state index in [9.17, 15) is 0 Å². The molecule has 1 aromatic heterocycles. The zero-order valence-electron chi connectivity index (χ0n) is 14.1. The minimum atomic E-state index is -0.305. The number of aromatic nitrogens is 2. The predicted octanol–water partition coefficient (Wildman–Crippen LogP) is 1.84. The van der Waals surface area contributed by atoms with Gasteiger partial charge in [-0.15, -0.1) is 0 Å². The van der Waals surface area contributed by atoms with E-state index in [4.69, 9.17) is 9.57 Å². The Kier molecular flexibility index (Phi) is 4.66. The first-order valence-electron chi connectivity index (χ1n) is 8.24. The molecule has 0 saturated carbocycles. The molecular formula is C16H25N5O2. The molecule has 1 atom stereocenters. The standard InChI is InChI=1S/C16H25N5O2/c1-4-13-9-14(17-11-16(3)10-12(2)20-23-16)19-15(18-13)21-5-7-22-8-6-21/h9H,4-8,10-11H2,1-3H3,(H,17,18,19). The normalized spacial score (nSPS) is 24.3. The van der Waals surface area contributed by atoms with Crippen LogP contribution in [0, 0.1) is 0 Å². The van der Waals surface area contributed by atoms with Crippen molar-refractivity contribution in [2.45, 2.75) is 39.2 Å². The molecule has 0 amide bonds. The molecule has 0 aromatic carbocycles. The number of nitrogens with zero attached hydrogens (tertiary/aromatic N) is 4. The zero-order chi connectivity index (χ0) is 16.3. The van der Waals surface area contributed by atoms with Gasteiger partial charge in [0.05, 0.1) is 25.5 Å². The number of rotatable bonds is 5. The molecule has 3 rings (SSSR count). The summed E-state index contributed by atoms with van der Waals surface area (Å²) in [6.07, 6.45) is 1.71. The Hall–Kier alpha value is -1.89. The quantitative estimate of drug-likeness (QED) is 0.893. The third-order valence-corrected chi connectivity index (χ3v) is 4.12. The first kappa shape index (κ1) is 16.0. The van der Waals surface area contributed by atoms with Crippen molar-refractivity contribution in [2.75, 3.05) is 43.1 Å². The highest BCUT2D eigenvalue weighted by Gasteiger charge is 2.32. The molecule has 0 radical (unpaired) electrons. The van der Waals surface area contributed by atoms with E-state index in [0.29, 0.717) is 6.54 Å². The maximum absolute atomic E-state index is 5.53. The molecule has 1 saturated heterocycles. The molecule has 0 aliphatic carbocycles.